The van der Waals surface area contributed by atoms with Gasteiger partial charge in [-0.2, -0.15) is 0 Å². The summed E-state index contributed by atoms with van der Waals surface area (Å²) in [6, 6.07) is 42.6. The molecule has 316 valence electrons. The van der Waals surface area contributed by atoms with E-state index < -0.39 is 53.5 Å². The van der Waals surface area contributed by atoms with Crippen molar-refractivity contribution in [2.75, 3.05) is 0 Å². The van der Waals surface area contributed by atoms with Gasteiger partial charge in [0, 0.05) is 24.2 Å². The van der Waals surface area contributed by atoms with Crippen LogP contribution < -0.4 is 20.7 Å². The lowest BCUT2D eigenvalue weighted by molar-refractivity contribution is -0.150. The molecule has 0 saturated heterocycles. The molecule has 7 rings (SSSR count). The fraction of sp³-hybridized carbons (Fsp3) is 0.320. The Kier molecular flexibility index (Phi) is 14.5. The first-order valence-electron chi connectivity index (χ1n) is 21.0. The van der Waals surface area contributed by atoms with Crippen LogP contribution in [0.2, 0.25) is 0 Å². The standard InChI is InChI=1S/C50H53N3O8/c54-45-42(27-29-50(45)28-13-22-41(50)46(55)52-44(31-35-14-5-1-6-15-35)48(57)60-33-38-18-9-3-10-19-38)51-47(56)43(53-49(58)61-34-39-20-11-4-12-21-39)30-36-23-25-40(26-24-36)59-32-37-16-7-2-8-17-37/h1-12,14-21,23-26,41-45,54H,13,22,27-34H2,(H,51,56)(H,52,55)(H,53,58)/t41-,42-,43+,44+,45-,50+/m0/s1. The van der Waals surface area contributed by atoms with Gasteiger partial charge >= 0.3 is 12.1 Å². The van der Waals surface area contributed by atoms with Crippen LogP contribution in [0, 0.1) is 11.3 Å². The molecule has 5 aromatic rings. The Morgan fingerprint density at radius 1 is 0.590 bits per heavy atom. The Morgan fingerprint density at radius 2 is 1.11 bits per heavy atom. The van der Waals surface area contributed by atoms with Crippen molar-refractivity contribution in [1.29, 1.82) is 0 Å². The largest absolute Gasteiger partial charge is 0.489 e. The average molecular weight is 824 g/mol. The van der Waals surface area contributed by atoms with Crippen molar-refractivity contribution in [3.8, 4) is 5.75 Å². The van der Waals surface area contributed by atoms with Gasteiger partial charge in [-0.1, -0.05) is 140 Å². The lowest BCUT2D eigenvalue weighted by Crippen LogP contribution is -2.55. The molecule has 0 aliphatic heterocycles. The summed E-state index contributed by atoms with van der Waals surface area (Å²) >= 11 is 0. The maximum atomic E-state index is 14.2. The molecule has 2 saturated carbocycles. The van der Waals surface area contributed by atoms with Gasteiger partial charge in [0.2, 0.25) is 11.8 Å². The summed E-state index contributed by atoms with van der Waals surface area (Å²) in [7, 11) is 0. The fourth-order valence-corrected chi connectivity index (χ4v) is 8.67. The maximum Gasteiger partial charge on any atom is 0.408 e. The number of aliphatic hydroxyl groups excluding tert-OH is 1. The van der Waals surface area contributed by atoms with Gasteiger partial charge in [0.15, 0.2) is 0 Å². The van der Waals surface area contributed by atoms with Gasteiger partial charge in [0.1, 0.15) is 37.7 Å². The van der Waals surface area contributed by atoms with E-state index in [2.05, 4.69) is 16.0 Å². The first-order valence-corrected chi connectivity index (χ1v) is 21.0. The van der Waals surface area contributed by atoms with Crippen molar-refractivity contribution in [3.63, 3.8) is 0 Å². The van der Waals surface area contributed by atoms with Crippen molar-refractivity contribution in [3.05, 3.63) is 173 Å². The number of esters is 1. The Hall–Kier alpha value is -6.46. The molecule has 2 fully saturated rings. The van der Waals surface area contributed by atoms with E-state index in [4.69, 9.17) is 14.2 Å². The van der Waals surface area contributed by atoms with Gasteiger partial charge in [-0.15, -0.1) is 0 Å². The summed E-state index contributed by atoms with van der Waals surface area (Å²) in [4.78, 5) is 55.0. The maximum absolute atomic E-state index is 14.2. The highest BCUT2D eigenvalue weighted by Gasteiger charge is 2.57. The lowest BCUT2D eigenvalue weighted by Gasteiger charge is -2.36. The highest BCUT2D eigenvalue weighted by molar-refractivity contribution is 5.87. The summed E-state index contributed by atoms with van der Waals surface area (Å²) < 4.78 is 17.1. The molecule has 0 bridgehead atoms. The van der Waals surface area contributed by atoms with Crippen LogP contribution in [0.4, 0.5) is 4.79 Å². The number of hydrogen-bond donors (Lipinski definition) is 4. The molecule has 0 radical (unpaired) electrons. The molecule has 0 aromatic heterocycles. The monoisotopic (exact) mass is 823 g/mol. The minimum Gasteiger partial charge on any atom is -0.489 e. The predicted octanol–water partition coefficient (Wildman–Crippen LogP) is 7.00. The molecule has 4 N–H and O–H groups in total. The van der Waals surface area contributed by atoms with Crippen LogP contribution >= 0.6 is 0 Å². The number of amides is 3. The Bertz CT molecular complexity index is 2190. The van der Waals surface area contributed by atoms with E-state index in [1.54, 1.807) is 0 Å². The summed E-state index contributed by atoms with van der Waals surface area (Å²) in [5.74, 6) is -1.27. The molecule has 1 spiro atoms. The highest BCUT2D eigenvalue weighted by Crippen LogP contribution is 2.54. The minimum atomic E-state index is -1.04. The quantitative estimate of drug-likeness (QED) is 0.0733. The Morgan fingerprint density at radius 3 is 1.72 bits per heavy atom. The third kappa shape index (κ3) is 11.4. The first-order chi connectivity index (χ1) is 29.8. The fourth-order valence-electron chi connectivity index (χ4n) is 8.67. The van der Waals surface area contributed by atoms with Crippen molar-refractivity contribution in [2.45, 2.75) is 89.0 Å². The molecule has 11 nitrogen and oxygen atoms in total. The number of aliphatic hydroxyl groups is 1. The molecule has 0 unspecified atom stereocenters. The van der Waals surface area contributed by atoms with Crippen LogP contribution in [-0.2, 0) is 56.5 Å². The smallest absolute Gasteiger partial charge is 0.408 e. The summed E-state index contributed by atoms with van der Waals surface area (Å²) in [6.45, 7) is 0.505. The van der Waals surface area contributed by atoms with Gasteiger partial charge in [0.05, 0.1) is 12.1 Å². The van der Waals surface area contributed by atoms with Crippen molar-refractivity contribution in [2.24, 2.45) is 11.3 Å². The molecule has 3 amide bonds. The van der Waals surface area contributed by atoms with Crippen LogP contribution in [-0.4, -0.2) is 53.2 Å². The molecule has 2 aliphatic rings. The second-order valence-corrected chi connectivity index (χ2v) is 16.0. The highest BCUT2D eigenvalue weighted by atomic mass is 16.5. The van der Waals surface area contributed by atoms with Crippen molar-refractivity contribution >= 4 is 23.9 Å². The SMILES string of the molecule is O=C(N[C@H](Cc1ccc(OCc2ccccc2)cc1)C(=O)N[C@H]1CC[C@@]2(CCC[C@H]2C(=O)N[C@H](Cc2ccccc2)C(=O)OCc2ccccc2)[C@H]1O)OCc1ccccc1. The zero-order valence-corrected chi connectivity index (χ0v) is 34.1. The van der Waals surface area contributed by atoms with E-state index in [0.29, 0.717) is 44.5 Å². The molecule has 0 heterocycles. The number of alkyl carbamates (subject to hydrolysis) is 1. The number of ether oxygens (including phenoxy) is 3. The zero-order chi connectivity index (χ0) is 42.4. The normalized spacial score (nSPS) is 20.2. The van der Waals surface area contributed by atoms with Gasteiger partial charge in [0.25, 0.3) is 0 Å². The second kappa shape index (κ2) is 20.7. The number of nitrogens with one attached hydrogen (secondary N) is 3. The molecule has 5 aromatic carbocycles. The molecule has 6 atom stereocenters. The average Bonchev–Trinajstić information content (AvgIpc) is 3.87. The number of rotatable bonds is 17. The van der Waals surface area contributed by atoms with E-state index in [1.807, 2.05) is 146 Å². The summed E-state index contributed by atoms with van der Waals surface area (Å²) in [5.41, 5.74) is 3.51. The number of hydrogen-bond acceptors (Lipinski definition) is 8. The van der Waals surface area contributed by atoms with E-state index in [0.717, 1.165) is 27.8 Å². The molecule has 11 heteroatoms. The molecular weight excluding hydrogens is 771 g/mol. The van der Waals surface area contributed by atoms with Gasteiger partial charge in [-0.05, 0) is 65.6 Å². The molecule has 61 heavy (non-hydrogen) atoms. The first kappa shape index (κ1) is 42.7. The van der Waals surface area contributed by atoms with Gasteiger partial charge < -0.3 is 35.3 Å². The van der Waals surface area contributed by atoms with Crippen LogP contribution in [0.1, 0.15) is 59.9 Å². The van der Waals surface area contributed by atoms with Crippen LogP contribution in [0.15, 0.2) is 146 Å². The lowest BCUT2D eigenvalue weighted by atomic mass is 9.73. The van der Waals surface area contributed by atoms with Crippen LogP contribution in [0.5, 0.6) is 5.75 Å². The molecule has 2 aliphatic carbocycles. The molecular formula is C50H53N3O8. The third-order valence-corrected chi connectivity index (χ3v) is 11.9. The number of benzene rings is 5. The topological polar surface area (TPSA) is 152 Å². The number of carbonyl (C=O) groups excluding carboxylic acids is 4. The van der Waals surface area contributed by atoms with Gasteiger partial charge in [-0.3, -0.25) is 9.59 Å². The van der Waals surface area contributed by atoms with Crippen molar-refractivity contribution in [1.82, 2.24) is 16.0 Å². The van der Waals surface area contributed by atoms with Crippen LogP contribution in [0.25, 0.3) is 0 Å². The van der Waals surface area contributed by atoms with E-state index >= 15 is 0 Å². The summed E-state index contributed by atoms with van der Waals surface area (Å²) in [5, 5.41) is 20.8. The minimum absolute atomic E-state index is 0.0265. The Labute approximate surface area is 356 Å². The summed E-state index contributed by atoms with van der Waals surface area (Å²) in [6.07, 6.45) is 1.35. The number of carbonyl (C=O) groups is 4. The van der Waals surface area contributed by atoms with Crippen molar-refractivity contribution < 1.29 is 38.5 Å². The van der Waals surface area contributed by atoms with Crippen LogP contribution in [0.3, 0.4) is 0 Å². The third-order valence-electron chi connectivity index (χ3n) is 11.9. The van der Waals surface area contributed by atoms with E-state index in [-0.39, 0.29) is 32.0 Å². The van der Waals surface area contributed by atoms with Gasteiger partial charge in [-0.25, -0.2) is 9.59 Å². The van der Waals surface area contributed by atoms with E-state index in [9.17, 15) is 24.3 Å². The Balaban J connectivity index is 1.01. The predicted molar refractivity (Wildman–Crippen MR) is 230 cm³/mol. The zero-order valence-electron chi connectivity index (χ0n) is 34.1. The second-order valence-electron chi connectivity index (χ2n) is 16.0. The van der Waals surface area contributed by atoms with E-state index in [1.165, 1.54) is 0 Å².